The van der Waals surface area contributed by atoms with E-state index in [0.29, 0.717) is 15.6 Å². The Morgan fingerprint density at radius 3 is 2.52 bits per heavy atom. The predicted molar refractivity (Wildman–Crippen MR) is 89.5 cm³/mol. The van der Waals surface area contributed by atoms with E-state index in [1.807, 2.05) is 13.8 Å². The second kappa shape index (κ2) is 6.78. The molecule has 1 heterocycles. The van der Waals surface area contributed by atoms with Crippen molar-refractivity contribution < 1.29 is 4.79 Å². The van der Waals surface area contributed by atoms with Crippen LogP contribution in [0.5, 0.6) is 0 Å². The SMILES string of the molecule is CCN(CC)c1nc(N)c(C(=O)Nc2ccc(Cl)cc2)s1. The normalized spacial score (nSPS) is 10.4. The summed E-state index contributed by atoms with van der Waals surface area (Å²) in [5.41, 5.74) is 6.53. The third-order valence-corrected chi connectivity index (χ3v) is 4.37. The minimum Gasteiger partial charge on any atom is -0.382 e. The molecule has 112 valence electrons. The zero-order chi connectivity index (χ0) is 15.4. The van der Waals surface area contributed by atoms with Crippen LogP contribution in [0.15, 0.2) is 24.3 Å². The lowest BCUT2D eigenvalue weighted by Crippen LogP contribution is -2.21. The monoisotopic (exact) mass is 324 g/mol. The molecule has 0 aliphatic heterocycles. The first-order valence-electron chi connectivity index (χ1n) is 6.63. The average molecular weight is 325 g/mol. The van der Waals surface area contributed by atoms with Gasteiger partial charge in [-0.1, -0.05) is 22.9 Å². The van der Waals surface area contributed by atoms with Crippen molar-refractivity contribution in [3.63, 3.8) is 0 Å². The second-order valence-corrected chi connectivity index (χ2v) is 5.76. The molecule has 0 aliphatic carbocycles. The number of amides is 1. The Hall–Kier alpha value is -1.79. The number of benzene rings is 1. The van der Waals surface area contributed by atoms with Gasteiger partial charge in [0.05, 0.1) is 0 Å². The van der Waals surface area contributed by atoms with Crippen LogP contribution in [0.25, 0.3) is 0 Å². The fraction of sp³-hybridized carbons (Fsp3) is 0.286. The molecule has 0 aliphatic rings. The van der Waals surface area contributed by atoms with Gasteiger partial charge in [-0.05, 0) is 38.1 Å². The molecule has 2 rings (SSSR count). The van der Waals surface area contributed by atoms with Crippen molar-refractivity contribution in [1.29, 1.82) is 0 Å². The Balaban J connectivity index is 2.17. The van der Waals surface area contributed by atoms with E-state index in [4.69, 9.17) is 17.3 Å². The Kier molecular flexibility index (Phi) is 5.03. The summed E-state index contributed by atoms with van der Waals surface area (Å²) in [5.74, 6) is -0.000841. The van der Waals surface area contributed by atoms with E-state index in [9.17, 15) is 4.79 Å². The van der Waals surface area contributed by atoms with Gasteiger partial charge in [-0.3, -0.25) is 4.79 Å². The summed E-state index contributed by atoms with van der Waals surface area (Å²) in [7, 11) is 0. The number of aromatic nitrogens is 1. The highest BCUT2D eigenvalue weighted by atomic mass is 35.5. The second-order valence-electron chi connectivity index (χ2n) is 4.34. The summed E-state index contributed by atoms with van der Waals surface area (Å²) in [4.78, 5) is 19.0. The fourth-order valence-electron chi connectivity index (χ4n) is 1.83. The highest BCUT2D eigenvalue weighted by Gasteiger charge is 2.18. The van der Waals surface area contributed by atoms with E-state index in [2.05, 4.69) is 15.2 Å². The van der Waals surface area contributed by atoms with Crippen molar-refractivity contribution in [3.05, 3.63) is 34.2 Å². The predicted octanol–water partition coefficient (Wildman–Crippen LogP) is 3.48. The molecule has 0 saturated heterocycles. The number of thiazole rings is 1. The lowest BCUT2D eigenvalue weighted by molar-refractivity contribution is 0.103. The van der Waals surface area contributed by atoms with E-state index in [1.54, 1.807) is 24.3 Å². The van der Waals surface area contributed by atoms with Gasteiger partial charge in [-0.25, -0.2) is 4.98 Å². The molecule has 0 radical (unpaired) electrons. The van der Waals surface area contributed by atoms with Crippen molar-refractivity contribution in [1.82, 2.24) is 4.98 Å². The molecule has 3 N–H and O–H groups in total. The van der Waals surface area contributed by atoms with Gasteiger partial charge in [0.25, 0.3) is 5.91 Å². The standard InChI is InChI=1S/C14H17ClN4OS/c1-3-19(4-2)14-18-12(16)11(21-14)13(20)17-10-7-5-9(15)6-8-10/h5-8H,3-4,16H2,1-2H3,(H,17,20). The Labute approximate surface area is 132 Å². The van der Waals surface area contributed by atoms with Crippen LogP contribution in [-0.4, -0.2) is 24.0 Å². The maximum absolute atomic E-state index is 12.3. The summed E-state index contributed by atoms with van der Waals surface area (Å²) in [6.07, 6.45) is 0. The molecule has 0 spiro atoms. The third kappa shape index (κ3) is 3.65. The molecule has 1 aromatic heterocycles. The van der Waals surface area contributed by atoms with E-state index in [-0.39, 0.29) is 11.7 Å². The molecule has 0 unspecified atom stereocenters. The van der Waals surface area contributed by atoms with Gasteiger partial charge in [0.1, 0.15) is 10.7 Å². The first-order valence-corrected chi connectivity index (χ1v) is 7.82. The minimum atomic E-state index is -0.259. The molecule has 21 heavy (non-hydrogen) atoms. The Morgan fingerprint density at radius 1 is 1.33 bits per heavy atom. The average Bonchev–Trinajstić information content (AvgIpc) is 2.85. The van der Waals surface area contributed by atoms with Crippen LogP contribution in [0.4, 0.5) is 16.6 Å². The third-order valence-electron chi connectivity index (χ3n) is 2.98. The van der Waals surface area contributed by atoms with Crippen molar-refractivity contribution in [2.75, 3.05) is 29.0 Å². The highest BCUT2D eigenvalue weighted by molar-refractivity contribution is 7.18. The van der Waals surface area contributed by atoms with Gasteiger partial charge >= 0.3 is 0 Å². The van der Waals surface area contributed by atoms with Gasteiger partial charge in [0, 0.05) is 23.8 Å². The lowest BCUT2D eigenvalue weighted by atomic mass is 10.3. The number of hydrogen-bond donors (Lipinski definition) is 2. The molecule has 7 heteroatoms. The van der Waals surface area contributed by atoms with E-state index < -0.39 is 0 Å². The molecule has 5 nitrogen and oxygen atoms in total. The molecule has 1 amide bonds. The number of nitrogens with one attached hydrogen (secondary N) is 1. The minimum absolute atomic E-state index is 0.258. The fourth-order valence-corrected chi connectivity index (χ4v) is 2.97. The number of anilines is 3. The van der Waals surface area contributed by atoms with Crippen LogP contribution in [0.3, 0.4) is 0 Å². The number of nitrogens with zero attached hydrogens (tertiary/aromatic N) is 2. The number of hydrogen-bond acceptors (Lipinski definition) is 5. The van der Waals surface area contributed by atoms with Crippen molar-refractivity contribution >= 4 is 45.5 Å². The molecule has 1 aromatic carbocycles. The van der Waals surface area contributed by atoms with Crippen molar-refractivity contribution in [2.45, 2.75) is 13.8 Å². The summed E-state index contributed by atoms with van der Waals surface area (Å²) >= 11 is 7.11. The Morgan fingerprint density at radius 2 is 1.95 bits per heavy atom. The molecule has 0 fully saturated rings. The zero-order valence-electron chi connectivity index (χ0n) is 11.9. The lowest BCUT2D eigenvalue weighted by Gasteiger charge is -2.16. The topological polar surface area (TPSA) is 71.2 Å². The number of nitrogens with two attached hydrogens (primary N) is 1. The summed E-state index contributed by atoms with van der Waals surface area (Å²) < 4.78 is 0. The van der Waals surface area contributed by atoms with Crippen LogP contribution in [-0.2, 0) is 0 Å². The molecular weight excluding hydrogens is 308 g/mol. The highest BCUT2D eigenvalue weighted by Crippen LogP contribution is 2.28. The summed E-state index contributed by atoms with van der Waals surface area (Å²) in [6.45, 7) is 5.71. The molecule has 0 atom stereocenters. The number of carbonyl (C=O) groups is 1. The van der Waals surface area contributed by atoms with E-state index >= 15 is 0 Å². The summed E-state index contributed by atoms with van der Waals surface area (Å²) in [5, 5.41) is 4.17. The van der Waals surface area contributed by atoms with Crippen molar-refractivity contribution in [2.24, 2.45) is 0 Å². The maximum atomic E-state index is 12.3. The Bertz CT molecular complexity index is 622. The van der Waals surface area contributed by atoms with E-state index in [0.717, 1.165) is 18.2 Å². The van der Waals surface area contributed by atoms with Gasteiger partial charge in [-0.15, -0.1) is 0 Å². The van der Waals surface area contributed by atoms with Crippen LogP contribution >= 0.6 is 22.9 Å². The van der Waals surface area contributed by atoms with E-state index in [1.165, 1.54) is 11.3 Å². The van der Waals surface area contributed by atoms with Crippen LogP contribution in [0, 0.1) is 0 Å². The summed E-state index contributed by atoms with van der Waals surface area (Å²) in [6, 6.07) is 6.91. The molecule has 0 saturated carbocycles. The van der Waals surface area contributed by atoms with Crippen LogP contribution < -0.4 is 16.0 Å². The molecular formula is C14H17ClN4OS. The largest absolute Gasteiger partial charge is 0.382 e. The number of nitrogen functional groups attached to an aromatic ring is 1. The number of rotatable bonds is 5. The quantitative estimate of drug-likeness (QED) is 0.883. The molecule has 0 bridgehead atoms. The van der Waals surface area contributed by atoms with Gasteiger partial charge in [0.15, 0.2) is 5.13 Å². The van der Waals surface area contributed by atoms with Gasteiger partial charge in [0.2, 0.25) is 0 Å². The van der Waals surface area contributed by atoms with Gasteiger partial charge < -0.3 is 16.0 Å². The van der Waals surface area contributed by atoms with Crippen molar-refractivity contribution in [3.8, 4) is 0 Å². The van der Waals surface area contributed by atoms with Gasteiger partial charge in [-0.2, -0.15) is 0 Å². The first kappa shape index (κ1) is 15.6. The smallest absolute Gasteiger partial charge is 0.269 e. The zero-order valence-corrected chi connectivity index (χ0v) is 13.5. The maximum Gasteiger partial charge on any atom is 0.269 e. The number of halogens is 1. The van der Waals surface area contributed by atoms with Crippen LogP contribution in [0.1, 0.15) is 23.5 Å². The van der Waals surface area contributed by atoms with Crippen LogP contribution in [0.2, 0.25) is 5.02 Å². The molecule has 2 aromatic rings. The first-order chi connectivity index (χ1) is 10.0. The number of carbonyl (C=O) groups excluding carboxylic acids is 1.